The van der Waals surface area contributed by atoms with Gasteiger partial charge in [0.05, 0.1) is 5.69 Å². The highest BCUT2D eigenvalue weighted by atomic mass is 15.3. The van der Waals surface area contributed by atoms with Gasteiger partial charge in [0, 0.05) is 23.6 Å². The number of aromatic nitrogens is 4. The fourth-order valence-electron chi connectivity index (χ4n) is 1.64. The highest BCUT2D eigenvalue weighted by Gasteiger charge is 2.04. The maximum Gasteiger partial charge on any atom is 0.183 e. The zero-order chi connectivity index (χ0) is 12.4. The average molecular weight is 237 g/mol. The minimum atomic E-state index is 0.653. The lowest BCUT2D eigenvalue weighted by atomic mass is 10.3. The summed E-state index contributed by atoms with van der Waals surface area (Å²) in [7, 11) is 0. The van der Waals surface area contributed by atoms with Gasteiger partial charge in [0.25, 0.3) is 0 Å². The molecule has 0 bridgehead atoms. The second-order valence-electron chi connectivity index (χ2n) is 3.85. The molecule has 0 fully saturated rings. The topological polar surface area (TPSA) is 69.6 Å². The van der Waals surface area contributed by atoms with E-state index < -0.39 is 0 Å². The first kappa shape index (κ1) is 10.5. The summed E-state index contributed by atoms with van der Waals surface area (Å²) in [6, 6.07) is 11.3. The number of pyridine rings is 1. The van der Waals surface area contributed by atoms with Crippen molar-refractivity contribution >= 4 is 5.69 Å². The lowest BCUT2D eigenvalue weighted by Gasteiger charge is -2.00. The van der Waals surface area contributed by atoms with Crippen molar-refractivity contribution in [1.29, 1.82) is 0 Å². The molecule has 0 saturated carbocycles. The van der Waals surface area contributed by atoms with E-state index in [4.69, 9.17) is 5.73 Å². The van der Waals surface area contributed by atoms with E-state index in [0.717, 1.165) is 16.9 Å². The smallest absolute Gasteiger partial charge is 0.183 e. The predicted octanol–water partition coefficient (Wildman–Crippen LogP) is 1.91. The van der Waals surface area contributed by atoms with Crippen molar-refractivity contribution in [3.63, 3.8) is 0 Å². The molecule has 0 saturated heterocycles. The van der Waals surface area contributed by atoms with Gasteiger partial charge in [-0.15, -0.1) is 5.10 Å². The molecule has 0 amide bonds. The molecule has 18 heavy (non-hydrogen) atoms. The normalized spacial score (nSPS) is 10.4. The van der Waals surface area contributed by atoms with Crippen molar-refractivity contribution < 1.29 is 0 Å². The number of nitrogens with two attached hydrogens (primary N) is 1. The van der Waals surface area contributed by atoms with E-state index in [1.165, 1.54) is 0 Å². The van der Waals surface area contributed by atoms with Crippen LogP contribution < -0.4 is 5.73 Å². The van der Waals surface area contributed by atoms with Crippen molar-refractivity contribution in [3.8, 4) is 17.1 Å². The Labute approximate surface area is 104 Å². The molecule has 88 valence electrons. The van der Waals surface area contributed by atoms with E-state index in [-0.39, 0.29) is 0 Å². The van der Waals surface area contributed by atoms with Crippen molar-refractivity contribution in [2.75, 3.05) is 5.73 Å². The third-order valence-corrected chi connectivity index (χ3v) is 2.57. The first-order valence-corrected chi connectivity index (χ1v) is 5.51. The molecule has 0 unspecified atom stereocenters. The van der Waals surface area contributed by atoms with Crippen LogP contribution in [0.2, 0.25) is 0 Å². The first-order chi connectivity index (χ1) is 8.83. The standard InChI is InChI=1S/C13H11N5/c14-11-3-5-12(6-4-11)18-9-16-13(17-18)10-2-1-7-15-8-10/h1-9H,14H2. The summed E-state index contributed by atoms with van der Waals surface area (Å²) in [4.78, 5) is 8.31. The Morgan fingerprint density at radius 3 is 2.61 bits per heavy atom. The number of nitrogen functional groups attached to an aromatic ring is 1. The second-order valence-corrected chi connectivity index (χ2v) is 3.85. The Morgan fingerprint density at radius 2 is 1.89 bits per heavy atom. The molecule has 0 aliphatic heterocycles. The molecule has 5 nitrogen and oxygen atoms in total. The van der Waals surface area contributed by atoms with Crippen molar-refractivity contribution in [1.82, 2.24) is 19.7 Å². The third kappa shape index (κ3) is 1.93. The Balaban J connectivity index is 1.97. The van der Waals surface area contributed by atoms with Crippen LogP contribution in [0.15, 0.2) is 55.1 Å². The third-order valence-electron chi connectivity index (χ3n) is 2.57. The second kappa shape index (κ2) is 4.29. The molecule has 0 aliphatic rings. The van der Waals surface area contributed by atoms with Gasteiger partial charge >= 0.3 is 0 Å². The molecule has 3 rings (SSSR count). The van der Waals surface area contributed by atoms with Gasteiger partial charge in [-0.2, -0.15) is 0 Å². The molecule has 1 aromatic carbocycles. The Kier molecular flexibility index (Phi) is 2.49. The van der Waals surface area contributed by atoms with Crippen molar-refractivity contribution in [2.45, 2.75) is 0 Å². The van der Waals surface area contributed by atoms with Gasteiger partial charge in [0.15, 0.2) is 5.82 Å². The highest BCUT2D eigenvalue weighted by Crippen LogP contribution is 2.14. The van der Waals surface area contributed by atoms with E-state index in [9.17, 15) is 0 Å². The predicted molar refractivity (Wildman–Crippen MR) is 69.0 cm³/mol. The maximum absolute atomic E-state index is 5.65. The minimum Gasteiger partial charge on any atom is -0.399 e. The molecule has 0 spiro atoms. The molecule has 2 aromatic heterocycles. The van der Waals surface area contributed by atoms with Crippen LogP contribution in [0, 0.1) is 0 Å². The van der Waals surface area contributed by atoms with E-state index in [1.807, 2.05) is 36.4 Å². The van der Waals surface area contributed by atoms with E-state index >= 15 is 0 Å². The Bertz CT molecular complexity index is 643. The van der Waals surface area contributed by atoms with Crippen molar-refractivity contribution in [2.24, 2.45) is 0 Å². The Morgan fingerprint density at radius 1 is 1.06 bits per heavy atom. The van der Waals surface area contributed by atoms with Gasteiger partial charge in [-0.05, 0) is 36.4 Å². The number of nitrogens with zero attached hydrogens (tertiary/aromatic N) is 4. The fourth-order valence-corrected chi connectivity index (χ4v) is 1.64. The zero-order valence-corrected chi connectivity index (χ0v) is 9.56. The van der Waals surface area contributed by atoms with Crippen molar-refractivity contribution in [3.05, 3.63) is 55.1 Å². The summed E-state index contributed by atoms with van der Waals surface area (Å²) in [5.41, 5.74) is 8.19. The van der Waals surface area contributed by atoms with Crippen LogP contribution in [0.3, 0.4) is 0 Å². The monoisotopic (exact) mass is 237 g/mol. The SMILES string of the molecule is Nc1ccc(-n2cnc(-c3cccnc3)n2)cc1. The minimum absolute atomic E-state index is 0.653. The number of benzene rings is 1. The summed E-state index contributed by atoms with van der Waals surface area (Å²) in [5.74, 6) is 0.653. The number of hydrogen-bond donors (Lipinski definition) is 1. The lowest BCUT2D eigenvalue weighted by Crippen LogP contribution is -1.95. The molecule has 0 aliphatic carbocycles. The Hall–Kier alpha value is -2.69. The number of rotatable bonds is 2. The molecular formula is C13H11N5. The van der Waals surface area contributed by atoms with Crippen LogP contribution in [-0.2, 0) is 0 Å². The van der Waals surface area contributed by atoms with Crippen LogP contribution in [0.5, 0.6) is 0 Å². The molecule has 3 aromatic rings. The van der Waals surface area contributed by atoms with Crippen LogP contribution in [0.1, 0.15) is 0 Å². The summed E-state index contributed by atoms with van der Waals surface area (Å²) >= 11 is 0. The summed E-state index contributed by atoms with van der Waals surface area (Å²) in [5, 5.41) is 4.41. The largest absolute Gasteiger partial charge is 0.399 e. The van der Waals surface area contributed by atoms with Gasteiger partial charge in [-0.25, -0.2) is 9.67 Å². The van der Waals surface area contributed by atoms with Gasteiger partial charge in [0.1, 0.15) is 6.33 Å². The van der Waals surface area contributed by atoms with Crippen LogP contribution in [0.4, 0.5) is 5.69 Å². The number of anilines is 1. The summed E-state index contributed by atoms with van der Waals surface area (Å²) in [6.45, 7) is 0. The molecule has 5 heteroatoms. The maximum atomic E-state index is 5.65. The average Bonchev–Trinajstić information content (AvgIpc) is 2.90. The van der Waals surface area contributed by atoms with Gasteiger partial charge in [-0.3, -0.25) is 4.98 Å². The summed E-state index contributed by atoms with van der Waals surface area (Å²) in [6.07, 6.45) is 5.14. The first-order valence-electron chi connectivity index (χ1n) is 5.51. The van der Waals surface area contributed by atoms with Crippen LogP contribution in [-0.4, -0.2) is 19.7 Å². The highest BCUT2D eigenvalue weighted by molar-refractivity contribution is 5.52. The van der Waals surface area contributed by atoms with Crippen LogP contribution in [0.25, 0.3) is 17.1 Å². The van der Waals surface area contributed by atoms with Crippen LogP contribution >= 0.6 is 0 Å². The van der Waals surface area contributed by atoms with Gasteiger partial charge in [0.2, 0.25) is 0 Å². The molecule has 0 radical (unpaired) electrons. The summed E-state index contributed by atoms with van der Waals surface area (Å²) < 4.78 is 1.71. The molecular weight excluding hydrogens is 226 g/mol. The number of hydrogen-bond acceptors (Lipinski definition) is 4. The molecule has 0 atom stereocenters. The quantitative estimate of drug-likeness (QED) is 0.691. The molecule has 2 N–H and O–H groups in total. The molecule has 2 heterocycles. The van der Waals surface area contributed by atoms with Gasteiger partial charge < -0.3 is 5.73 Å². The lowest BCUT2D eigenvalue weighted by molar-refractivity contribution is 0.882. The fraction of sp³-hybridized carbons (Fsp3) is 0. The van der Waals surface area contributed by atoms with E-state index in [0.29, 0.717) is 5.82 Å². The van der Waals surface area contributed by atoms with E-state index in [2.05, 4.69) is 15.1 Å². The van der Waals surface area contributed by atoms with Gasteiger partial charge in [-0.1, -0.05) is 0 Å². The van der Waals surface area contributed by atoms with E-state index in [1.54, 1.807) is 23.4 Å². The zero-order valence-electron chi connectivity index (χ0n) is 9.56.